The summed E-state index contributed by atoms with van der Waals surface area (Å²) < 4.78 is 11.8. The number of hydrogen-bond donors (Lipinski definition) is 2. The number of para-hydroxylation sites is 1. The van der Waals surface area contributed by atoms with E-state index in [0.29, 0.717) is 19.8 Å². The summed E-state index contributed by atoms with van der Waals surface area (Å²) in [5.74, 6) is 1.74. The van der Waals surface area contributed by atoms with E-state index in [9.17, 15) is 5.11 Å². The van der Waals surface area contributed by atoms with Gasteiger partial charge in [0.25, 0.3) is 0 Å². The lowest BCUT2D eigenvalue weighted by Gasteiger charge is -2.38. The Morgan fingerprint density at radius 1 is 1.10 bits per heavy atom. The standard InChI is InChI=1S/C25H28N2O3/c1-18-13-20(14-19(2)24(18)30-16-21-7-5-6-11-26-21)15-27-25(17-28)10-12-29-23-9-4-3-8-22(23)25/h3-9,11,13-14,27-28H,10,12,15-17H2,1-2H3. The van der Waals surface area contributed by atoms with Gasteiger partial charge in [-0.25, -0.2) is 0 Å². The summed E-state index contributed by atoms with van der Waals surface area (Å²) in [4.78, 5) is 4.32. The number of aromatic nitrogens is 1. The second kappa shape index (κ2) is 8.86. The molecule has 156 valence electrons. The van der Waals surface area contributed by atoms with Crippen molar-refractivity contribution < 1.29 is 14.6 Å². The molecule has 5 nitrogen and oxygen atoms in total. The van der Waals surface area contributed by atoms with E-state index < -0.39 is 5.54 Å². The van der Waals surface area contributed by atoms with Gasteiger partial charge in [0.1, 0.15) is 18.1 Å². The van der Waals surface area contributed by atoms with Crippen LogP contribution in [0.1, 0.15) is 34.4 Å². The fraction of sp³-hybridized carbons (Fsp3) is 0.320. The maximum atomic E-state index is 10.3. The number of fused-ring (bicyclic) bond motifs is 1. The van der Waals surface area contributed by atoms with Crippen molar-refractivity contribution in [1.82, 2.24) is 10.3 Å². The molecule has 2 heterocycles. The SMILES string of the molecule is Cc1cc(CNC2(CO)CCOc3ccccc32)cc(C)c1OCc1ccccn1. The molecule has 2 N–H and O–H groups in total. The number of nitrogens with zero attached hydrogens (tertiary/aromatic N) is 1. The quantitative estimate of drug-likeness (QED) is 0.622. The van der Waals surface area contributed by atoms with Crippen molar-refractivity contribution in [2.45, 2.75) is 39.0 Å². The summed E-state index contributed by atoms with van der Waals surface area (Å²) >= 11 is 0. The van der Waals surface area contributed by atoms with Crippen LogP contribution in [-0.4, -0.2) is 23.3 Å². The van der Waals surface area contributed by atoms with Crippen molar-refractivity contribution in [1.29, 1.82) is 0 Å². The lowest BCUT2D eigenvalue weighted by molar-refractivity contribution is 0.106. The van der Waals surface area contributed by atoms with E-state index in [1.54, 1.807) is 6.20 Å². The zero-order valence-electron chi connectivity index (χ0n) is 17.5. The van der Waals surface area contributed by atoms with Gasteiger partial charge >= 0.3 is 0 Å². The molecule has 5 heteroatoms. The Morgan fingerprint density at radius 2 is 1.87 bits per heavy atom. The molecule has 0 radical (unpaired) electrons. The molecule has 3 aromatic rings. The van der Waals surface area contributed by atoms with E-state index in [1.165, 1.54) is 0 Å². The number of ether oxygens (including phenoxy) is 2. The van der Waals surface area contributed by atoms with Crippen LogP contribution in [0.25, 0.3) is 0 Å². The number of rotatable bonds is 7. The van der Waals surface area contributed by atoms with E-state index in [4.69, 9.17) is 9.47 Å². The Bertz CT molecular complexity index is 983. The Kier molecular flexibility index (Phi) is 6.02. The van der Waals surface area contributed by atoms with Crippen molar-refractivity contribution in [3.05, 3.63) is 88.7 Å². The first-order chi connectivity index (χ1) is 14.6. The fourth-order valence-corrected chi connectivity index (χ4v) is 4.13. The van der Waals surface area contributed by atoms with Gasteiger partial charge in [0.2, 0.25) is 0 Å². The lowest BCUT2D eigenvalue weighted by Crippen LogP contribution is -2.48. The third kappa shape index (κ3) is 4.18. The van der Waals surface area contributed by atoms with Crippen LogP contribution in [0.4, 0.5) is 0 Å². The molecule has 1 aliphatic heterocycles. The van der Waals surface area contributed by atoms with Crippen molar-refractivity contribution in [3.8, 4) is 11.5 Å². The molecule has 4 rings (SSSR count). The first kappa shape index (κ1) is 20.4. The van der Waals surface area contributed by atoms with E-state index in [0.717, 1.165) is 45.9 Å². The highest BCUT2D eigenvalue weighted by atomic mass is 16.5. The molecule has 0 saturated heterocycles. The lowest BCUT2D eigenvalue weighted by atomic mass is 9.85. The topological polar surface area (TPSA) is 63.6 Å². The number of aliphatic hydroxyl groups is 1. The van der Waals surface area contributed by atoms with Crippen LogP contribution in [0.3, 0.4) is 0 Å². The third-order valence-electron chi connectivity index (χ3n) is 5.70. The van der Waals surface area contributed by atoms with Gasteiger partial charge in [-0.05, 0) is 48.7 Å². The van der Waals surface area contributed by atoms with Gasteiger partial charge in [-0.2, -0.15) is 0 Å². The van der Waals surface area contributed by atoms with Gasteiger partial charge in [0, 0.05) is 24.7 Å². The van der Waals surface area contributed by atoms with Crippen molar-refractivity contribution in [2.24, 2.45) is 0 Å². The summed E-state index contributed by atoms with van der Waals surface area (Å²) in [6.07, 6.45) is 2.50. The summed E-state index contributed by atoms with van der Waals surface area (Å²) in [5.41, 5.74) is 4.77. The highest BCUT2D eigenvalue weighted by Crippen LogP contribution is 2.37. The average molecular weight is 405 g/mol. The van der Waals surface area contributed by atoms with Gasteiger partial charge in [0.05, 0.1) is 24.4 Å². The molecule has 1 unspecified atom stereocenters. The second-order valence-electron chi connectivity index (χ2n) is 7.86. The van der Waals surface area contributed by atoms with Crippen LogP contribution in [-0.2, 0) is 18.7 Å². The van der Waals surface area contributed by atoms with Crippen molar-refractivity contribution >= 4 is 0 Å². The second-order valence-corrected chi connectivity index (χ2v) is 7.86. The normalized spacial score (nSPS) is 17.8. The fourth-order valence-electron chi connectivity index (χ4n) is 4.13. The molecule has 30 heavy (non-hydrogen) atoms. The maximum absolute atomic E-state index is 10.3. The van der Waals surface area contributed by atoms with Gasteiger partial charge in [-0.1, -0.05) is 36.4 Å². The van der Waals surface area contributed by atoms with Crippen LogP contribution >= 0.6 is 0 Å². The molecular formula is C25H28N2O3. The summed E-state index contributed by atoms with van der Waals surface area (Å²) in [6, 6.07) is 18.1. The number of pyridine rings is 1. The first-order valence-electron chi connectivity index (χ1n) is 10.3. The summed E-state index contributed by atoms with van der Waals surface area (Å²) in [5, 5.41) is 13.9. The highest BCUT2D eigenvalue weighted by molar-refractivity contribution is 5.44. The number of aliphatic hydroxyl groups excluding tert-OH is 1. The molecule has 2 aromatic carbocycles. The number of benzene rings is 2. The molecule has 0 aliphatic carbocycles. The van der Waals surface area contributed by atoms with Gasteiger partial charge in [-0.3, -0.25) is 4.98 Å². The third-order valence-corrected chi connectivity index (χ3v) is 5.70. The zero-order chi connectivity index (χ0) is 21.0. The maximum Gasteiger partial charge on any atom is 0.130 e. The molecule has 0 bridgehead atoms. The van der Waals surface area contributed by atoms with E-state index >= 15 is 0 Å². The monoisotopic (exact) mass is 404 g/mol. The van der Waals surface area contributed by atoms with Gasteiger partial charge in [0.15, 0.2) is 0 Å². The molecule has 0 fully saturated rings. The predicted molar refractivity (Wildman–Crippen MR) is 117 cm³/mol. The number of aryl methyl sites for hydroxylation is 2. The van der Waals surface area contributed by atoms with E-state index in [-0.39, 0.29) is 6.61 Å². The number of nitrogens with one attached hydrogen (secondary N) is 1. The Balaban J connectivity index is 1.49. The Labute approximate surface area is 177 Å². The summed E-state index contributed by atoms with van der Waals surface area (Å²) in [6.45, 7) is 5.84. The van der Waals surface area contributed by atoms with Crippen LogP contribution in [0, 0.1) is 13.8 Å². The van der Waals surface area contributed by atoms with Crippen molar-refractivity contribution in [2.75, 3.05) is 13.2 Å². The van der Waals surface area contributed by atoms with Crippen molar-refractivity contribution in [3.63, 3.8) is 0 Å². The molecular weight excluding hydrogens is 376 g/mol. The molecule has 0 saturated carbocycles. The molecule has 0 spiro atoms. The molecule has 1 aromatic heterocycles. The van der Waals surface area contributed by atoms with Crippen LogP contribution in [0.15, 0.2) is 60.8 Å². The minimum atomic E-state index is -0.495. The van der Waals surface area contributed by atoms with Gasteiger partial charge < -0.3 is 19.9 Å². The summed E-state index contributed by atoms with van der Waals surface area (Å²) in [7, 11) is 0. The average Bonchev–Trinajstić information content (AvgIpc) is 2.78. The number of hydrogen-bond acceptors (Lipinski definition) is 5. The smallest absolute Gasteiger partial charge is 0.130 e. The highest BCUT2D eigenvalue weighted by Gasteiger charge is 2.36. The van der Waals surface area contributed by atoms with Crippen LogP contribution < -0.4 is 14.8 Å². The van der Waals surface area contributed by atoms with E-state index in [1.807, 2.05) is 42.5 Å². The Morgan fingerprint density at radius 3 is 2.60 bits per heavy atom. The predicted octanol–water partition coefficient (Wildman–Crippen LogP) is 4.04. The molecule has 1 aliphatic rings. The zero-order valence-corrected chi connectivity index (χ0v) is 17.5. The molecule has 0 amide bonds. The molecule has 1 atom stereocenters. The minimum absolute atomic E-state index is 0.0244. The van der Waals surface area contributed by atoms with Crippen LogP contribution in [0.2, 0.25) is 0 Å². The van der Waals surface area contributed by atoms with E-state index in [2.05, 4.69) is 36.3 Å². The van der Waals surface area contributed by atoms with Crippen LogP contribution in [0.5, 0.6) is 11.5 Å². The Hall–Kier alpha value is -2.89. The van der Waals surface area contributed by atoms with Gasteiger partial charge in [-0.15, -0.1) is 0 Å². The largest absolute Gasteiger partial charge is 0.493 e. The first-order valence-corrected chi connectivity index (χ1v) is 10.3. The minimum Gasteiger partial charge on any atom is -0.493 e.